The number of rotatable bonds is 6. The van der Waals surface area contributed by atoms with Crippen LogP contribution in [-0.2, 0) is 14.8 Å². The van der Waals surface area contributed by atoms with E-state index in [-0.39, 0.29) is 32.1 Å². The first-order chi connectivity index (χ1) is 16.3. The Bertz CT molecular complexity index is 1240. The number of amides is 1. The van der Waals surface area contributed by atoms with Crippen molar-refractivity contribution in [2.24, 2.45) is 0 Å². The van der Waals surface area contributed by atoms with E-state index >= 15 is 0 Å². The van der Waals surface area contributed by atoms with Gasteiger partial charge in [-0.15, -0.1) is 0 Å². The Morgan fingerprint density at radius 1 is 0.794 bits per heavy atom. The van der Waals surface area contributed by atoms with Gasteiger partial charge in [0.15, 0.2) is 4.90 Å². The van der Waals surface area contributed by atoms with Crippen molar-refractivity contribution in [2.45, 2.75) is 10.9 Å². The quantitative estimate of drug-likeness (QED) is 0.572. The molecule has 34 heavy (non-hydrogen) atoms. The zero-order chi connectivity index (χ0) is 24.3. The Morgan fingerprint density at radius 2 is 1.38 bits per heavy atom. The van der Waals surface area contributed by atoms with E-state index in [1.165, 1.54) is 24.3 Å². The summed E-state index contributed by atoms with van der Waals surface area (Å²) in [6, 6.07) is 16.5. The third-order valence-electron chi connectivity index (χ3n) is 5.63. The molecule has 6 nitrogen and oxygen atoms in total. The van der Waals surface area contributed by atoms with E-state index < -0.39 is 38.4 Å². The molecule has 1 aliphatic heterocycles. The van der Waals surface area contributed by atoms with Gasteiger partial charge in [0.05, 0.1) is 0 Å². The number of hydrogen-bond acceptors (Lipinski definition) is 4. The largest absolute Gasteiger partial charge is 0.324 e. The zero-order valence-corrected chi connectivity index (χ0v) is 18.8. The molecule has 0 aromatic heterocycles. The van der Waals surface area contributed by atoms with Crippen LogP contribution in [-0.4, -0.2) is 49.7 Å². The van der Waals surface area contributed by atoms with Crippen molar-refractivity contribution < 1.29 is 26.4 Å². The molecule has 1 heterocycles. The molecule has 0 spiro atoms. The van der Waals surface area contributed by atoms with Crippen molar-refractivity contribution in [3.8, 4) is 0 Å². The Morgan fingerprint density at radius 3 is 1.97 bits per heavy atom. The number of nitrogens with one attached hydrogen (secondary N) is 1. The first kappa shape index (κ1) is 23.9. The summed E-state index contributed by atoms with van der Waals surface area (Å²) in [7, 11) is -4.39. The number of hydrogen-bond donors (Lipinski definition) is 1. The standard InChI is InChI=1S/C24H22F3N3O3S/c25-18-9-11-19(12-10-18)28-24(31)22(17-5-2-1-3-6-17)29-13-15-30(16-14-29)34(32,33)23-20(26)7-4-8-21(23)27/h1-12,22H,13-16H2,(H,28,31)/t22-/m0/s1. The number of sulfonamides is 1. The lowest BCUT2D eigenvalue weighted by molar-refractivity contribution is -0.122. The number of benzene rings is 3. The predicted octanol–water partition coefficient (Wildman–Crippen LogP) is 3.79. The molecule has 0 aliphatic carbocycles. The molecule has 3 aromatic carbocycles. The fourth-order valence-electron chi connectivity index (χ4n) is 3.97. The second kappa shape index (κ2) is 9.96. The zero-order valence-electron chi connectivity index (χ0n) is 18.0. The monoisotopic (exact) mass is 489 g/mol. The first-order valence-corrected chi connectivity index (χ1v) is 12.0. The number of halogens is 3. The van der Waals surface area contributed by atoms with Gasteiger partial charge in [0.1, 0.15) is 23.5 Å². The van der Waals surface area contributed by atoms with E-state index in [1.54, 1.807) is 29.2 Å². The fourth-order valence-corrected chi connectivity index (χ4v) is 5.50. The summed E-state index contributed by atoms with van der Waals surface area (Å²) < 4.78 is 68.3. The highest BCUT2D eigenvalue weighted by Gasteiger charge is 2.36. The average Bonchev–Trinajstić information content (AvgIpc) is 2.81. The molecule has 3 aromatic rings. The Labute approximate surface area is 195 Å². The van der Waals surface area contributed by atoms with E-state index in [1.807, 2.05) is 6.07 Å². The number of piperazine rings is 1. The third kappa shape index (κ3) is 4.98. The lowest BCUT2D eigenvalue weighted by Gasteiger charge is -2.38. The smallest absolute Gasteiger partial charge is 0.249 e. The van der Waals surface area contributed by atoms with Crippen molar-refractivity contribution in [3.63, 3.8) is 0 Å². The van der Waals surface area contributed by atoms with Crippen molar-refractivity contribution in [2.75, 3.05) is 31.5 Å². The lowest BCUT2D eigenvalue weighted by atomic mass is 10.0. The lowest BCUT2D eigenvalue weighted by Crippen LogP contribution is -2.51. The average molecular weight is 490 g/mol. The minimum Gasteiger partial charge on any atom is -0.324 e. The fraction of sp³-hybridized carbons (Fsp3) is 0.208. The molecule has 0 unspecified atom stereocenters. The van der Waals surface area contributed by atoms with Crippen LogP contribution in [0.3, 0.4) is 0 Å². The predicted molar refractivity (Wildman–Crippen MR) is 121 cm³/mol. The van der Waals surface area contributed by atoms with Crippen LogP contribution >= 0.6 is 0 Å². The van der Waals surface area contributed by atoms with E-state index in [2.05, 4.69) is 5.32 Å². The van der Waals surface area contributed by atoms with Crippen LogP contribution in [0.4, 0.5) is 18.9 Å². The molecule has 10 heteroatoms. The third-order valence-corrected chi connectivity index (χ3v) is 7.58. The molecular formula is C24H22F3N3O3S. The van der Waals surface area contributed by atoms with Gasteiger partial charge in [0.2, 0.25) is 15.9 Å². The Kier molecular flexibility index (Phi) is 7.01. The summed E-state index contributed by atoms with van der Waals surface area (Å²) in [5, 5.41) is 2.77. The molecule has 4 rings (SSSR count). The SMILES string of the molecule is O=C(Nc1ccc(F)cc1)[C@H](c1ccccc1)N1CCN(S(=O)(=O)c2c(F)cccc2F)CC1. The molecule has 1 aliphatic rings. The van der Waals surface area contributed by atoms with Gasteiger partial charge in [0.25, 0.3) is 0 Å². The van der Waals surface area contributed by atoms with E-state index in [0.717, 1.165) is 22.5 Å². The van der Waals surface area contributed by atoms with Crippen molar-refractivity contribution in [3.05, 3.63) is 95.8 Å². The highest BCUT2D eigenvalue weighted by Crippen LogP contribution is 2.28. The maximum atomic E-state index is 14.1. The maximum Gasteiger partial charge on any atom is 0.249 e. The molecule has 1 saturated heterocycles. The molecular weight excluding hydrogens is 467 g/mol. The van der Waals surface area contributed by atoms with Crippen LogP contribution in [0.15, 0.2) is 77.7 Å². The number of nitrogens with zero attached hydrogens (tertiary/aromatic N) is 2. The molecule has 0 bridgehead atoms. The highest BCUT2D eigenvalue weighted by atomic mass is 32.2. The maximum absolute atomic E-state index is 14.1. The topological polar surface area (TPSA) is 69.7 Å². The van der Waals surface area contributed by atoms with E-state index in [0.29, 0.717) is 11.3 Å². The number of carbonyl (C=O) groups excluding carboxylic acids is 1. The van der Waals surface area contributed by atoms with E-state index in [9.17, 15) is 26.4 Å². The van der Waals surface area contributed by atoms with Crippen LogP contribution in [0.25, 0.3) is 0 Å². The summed E-state index contributed by atoms with van der Waals surface area (Å²) in [6.45, 7) is 0.212. The van der Waals surface area contributed by atoms with Crippen LogP contribution < -0.4 is 5.32 Å². The summed E-state index contributed by atoms with van der Waals surface area (Å²) in [6.07, 6.45) is 0. The molecule has 1 amide bonds. The van der Waals surface area contributed by atoms with Crippen molar-refractivity contribution in [1.29, 1.82) is 0 Å². The highest BCUT2D eigenvalue weighted by molar-refractivity contribution is 7.89. The van der Waals surface area contributed by atoms with E-state index in [4.69, 9.17) is 0 Å². The van der Waals surface area contributed by atoms with Gasteiger partial charge < -0.3 is 5.32 Å². The molecule has 0 saturated carbocycles. The van der Waals surface area contributed by atoms with Gasteiger partial charge in [-0.1, -0.05) is 36.4 Å². The van der Waals surface area contributed by atoms with Crippen LogP contribution in [0.5, 0.6) is 0 Å². The first-order valence-electron chi connectivity index (χ1n) is 10.6. The summed E-state index contributed by atoms with van der Waals surface area (Å²) in [5.74, 6) is -3.10. The Hall–Kier alpha value is -3.21. The van der Waals surface area contributed by atoms with Gasteiger partial charge in [0, 0.05) is 31.9 Å². The molecule has 1 fully saturated rings. The van der Waals surface area contributed by atoms with Crippen LogP contribution in [0.2, 0.25) is 0 Å². The second-order valence-electron chi connectivity index (χ2n) is 7.80. The minimum atomic E-state index is -4.39. The van der Waals surface area contributed by atoms with Gasteiger partial charge in [-0.25, -0.2) is 21.6 Å². The van der Waals surface area contributed by atoms with Gasteiger partial charge >= 0.3 is 0 Å². The summed E-state index contributed by atoms with van der Waals surface area (Å²) in [5.41, 5.74) is 1.11. The van der Waals surface area contributed by atoms with Crippen molar-refractivity contribution in [1.82, 2.24) is 9.21 Å². The van der Waals surface area contributed by atoms with Gasteiger partial charge in [-0.05, 0) is 42.0 Å². The summed E-state index contributed by atoms with van der Waals surface area (Å²) >= 11 is 0. The summed E-state index contributed by atoms with van der Waals surface area (Å²) in [4.78, 5) is 14.0. The second-order valence-corrected chi connectivity index (χ2v) is 9.67. The van der Waals surface area contributed by atoms with Crippen molar-refractivity contribution >= 4 is 21.6 Å². The molecule has 1 N–H and O–H groups in total. The number of anilines is 1. The molecule has 1 atom stereocenters. The minimum absolute atomic E-state index is 0.0523. The molecule has 178 valence electrons. The van der Waals surface area contributed by atoms with Gasteiger partial charge in [-0.2, -0.15) is 4.31 Å². The van der Waals surface area contributed by atoms with Crippen LogP contribution in [0, 0.1) is 17.5 Å². The number of carbonyl (C=O) groups is 1. The molecule has 0 radical (unpaired) electrons. The van der Waals surface area contributed by atoms with Gasteiger partial charge in [-0.3, -0.25) is 9.69 Å². The normalized spacial score (nSPS) is 16.2. The van der Waals surface area contributed by atoms with Crippen LogP contribution in [0.1, 0.15) is 11.6 Å². The Balaban J connectivity index is 1.54.